The Morgan fingerprint density at radius 1 is 1.92 bits per heavy atom. The van der Waals surface area contributed by atoms with E-state index in [2.05, 4.69) is 0 Å². The highest BCUT2D eigenvalue weighted by Crippen LogP contribution is 2.36. The highest BCUT2D eigenvalue weighted by atomic mass is 32.2. The first kappa shape index (κ1) is 9.87. The molecule has 0 unspecified atom stereocenters. The first-order valence-corrected chi connectivity index (χ1v) is 4.18. The fourth-order valence-corrected chi connectivity index (χ4v) is 1.79. The largest absolute Gasteiger partial charge is 0.495 e. The molecule has 0 aromatic heterocycles. The van der Waals surface area contributed by atoms with Gasteiger partial charge in [0.1, 0.15) is 5.44 Å². The number of methoxy groups -OCH3 is 1. The molecule has 0 radical (unpaired) electrons. The van der Waals surface area contributed by atoms with Crippen LogP contribution < -0.4 is 5.73 Å². The molecule has 1 aliphatic heterocycles. The number of hydrogen-bond acceptors (Lipinski definition) is 6. The van der Waals surface area contributed by atoms with Crippen LogP contribution in [0.2, 0.25) is 0 Å². The lowest BCUT2D eigenvalue weighted by Crippen LogP contribution is -2.10. The Morgan fingerprint density at radius 3 is 2.85 bits per heavy atom. The van der Waals surface area contributed by atoms with Crippen molar-refractivity contribution in [1.29, 1.82) is 0 Å². The van der Waals surface area contributed by atoms with Crippen LogP contribution in [0.5, 0.6) is 0 Å². The van der Waals surface area contributed by atoms with E-state index in [1.54, 1.807) is 0 Å². The van der Waals surface area contributed by atoms with Crippen LogP contribution >= 0.6 is 11.8 Å². The minimum absolute atomic E-state index is 0.0844. The minimum Gasteiger partial charge on any atom is -0.495 e. The van der Waals surface area contributed by atoms with E-state index in [4.69, 9.17) is 15.6 Å². The molecular formula is C6H8N2O4S. The van der Waals surface area contributed by atoms with Gasteiger partial charge in [-0.05, 0) is 11.8 Å². The summed E-state index contributed by atoms with van der Waals surface area (Å²) >= 11 is 0.897. The lowest BCUT2D eigenvalue weighted by Gasteiger charge is -2.07. The van der Waals surface area contributed by atoms with Crippen molar-refractivity contribution in [3.63, 3.8) is 0 Å². The van der Waals surface area contributed by atoms with Gasteiger partial charge in [0.25, 0.3) is 0 Å². The van der Waals surface area contributed by atoms with Gasteiger partial charge < -0.3 is 15.6 Å². The van der Waals surface area contributed by atoms with Crippen LogP contribution in [0, 0.1) is 10.1 Å². The van der Waals surface area contributed by atoms with Gasteiger partial charge in [-0.3, -0.25) is 10.1 Å². The van der Waals surface area contributed by atoms with E-state index >= 15 is 0 Å². The predicted octanol–water partition coefficient (Wildman–Crippen LogP) is 0.552. The van der Waals surface area contributed by atoms with Crippen LogP contribution in [0.4, 0.5) is 0 Å². The van der Waals surface area contributed by atoms with Crippen LogP contribution in [0.3, 0.4) is 0 Å². The van der Waals surface area contributed by atoms with E-state index < -0.39 is 16.2 Å². The quantitative estimate of drug-likeness (QED) is 0.387. The van der Waals surface area contributed by atoms with E-state index in [0.29, 0.717) is 0 Å². The van der Waals surface area contributed by atoms with Gasteiger partial charge in [0, 0.05) is 13.2 Å². The van der Waals surface area contributed by atoms with Gasteiger partial charge in [0.15, 0.2) is 5.88 Å². The minimum atomic E-state index is -0.592. The number of nitro groups is 1. The average molecular weight is 204 g/mol. The molecule has 1 heterocycles. The third-order valence-corrected chi connectivity index (χ3v) is 2.62. The predicted molar refractivity (Wildman–Crippen MR) is 47.3 cm³/mol. The van der Waals surface area contributed by atoms with Crippen molar-refractivity contribution < 1.29 is 14.8 Å². The zero-order valence-electron chi connectivity index (χ0n) is 6.76. The summed E-state index contributed by atoms with van der Waals surface area (Å²) in [5.41, 5.74) is 4.74. The van der Waals surface area contributed by atoms with E-state index in [1.165, 1.54) is 13.2 Å². The Morgan fingerprint density at radius 2 is 2.54 bits per heavy atom. The number of nitrogens with two attached hydrogens (primary N) is 1. The maximum absolute atomic E-state index is 10.3. The normalized spacial score (nSPS) is 25.6. The van der Waals surface area contributed by atoms with Gasteiger partial charge in [0.2, 0.25) is 0 Å². The third kappa shape index (κ3) is 1.93. The second-order valence-corrected chi connectivity index (χ2v) is 3.35. The van der Waals surface area contributed by atoms with Crippen molar-refractivity contribution >= 4 is 11.8 Å². The second kappa shape index (κ2) is 3.67. The molecule has 0 saturated heterocycles. The summed E-state index contributed by atoms with van der Waals surface area (Å²) in [5, 5.41) is 19.2. The van der Waals surface area contributed by atoms with Crippen LogP contribution in [0.25, 0.3) is 0 Å². The Labute approximate surface area is 78.2 Å². The summed E-state index contributed by atoms with van der Waals surface area (Å²) in [7, 11) is 1.39. The lowest BCUT2D eigenvalue weighted by molar-refractivity contribution is -0.410. The molecule has 0 bridgehead atoms. The number of nitrogens with zero attached hydrogens (tertiary/aromatic N) is 1. The number of thioether (sulfide) groups is 1. The van der Waals surface area contributed by atoms with Crippen LogP contribution in [0.15, 0.2) is 22.6 Å². The molecule has 7 heteroatoms. The molecule has 0 amide bonds. The van der Waals surface area contributed by atoms with Crippen LogP contribution in [0.1, 0.15) is 0 Å². The SMILES string of the molecule is CO[C@@H]1SC([N+](=O)[O-])=C/C1=C(/N)O. The monoisotopic (exact) mass is 204 g/mol. The van der Waals surface area contributed by atoms with Gasteiger partial charge in [-0.15, -0.1) is 0 Å². The molecule has 1 rings (SSSR count). The van der Waals surface area contributed by atoms with E-state index in [-0.39, 0.29) is 10.6 Å². The Kier molecular flexibility index (Phi) is 2.79. The van der Waals surface area contributed by atoms with E-state index in [0.717, 1.165) is 11.8 Å². The molecule has 0 saturated carbocycles. The highest BCUT2D eigenvalue weighted by Gasteiger charge is 2.32. The number of rotatable bonds is 2. The smallest absolute Gasteiger partial charge is 0.306 e. The second-order valence-electron chi connectivity index (χ2n) is 2.27. The van der Waals surface area contributed by atoms with Crippen LogP contribution in [-0.2, 0) is 4.74 Å². The molecule has 0 aromatic rings. The van der Waals surface area contributed by atoms with E-state index in [1.807, 2.05) is 0 Å². The van der Waals surface area contributed by atoms with Gasteiger partial charge in [-0.2, -0.15) is 0 Å². The molecule has 0 fully saturated rings. The molecular weight excluding hydrogens is 196 g/mol. The molecule has 3 N–H and O–H groups in total. The Balaban J connectivity index is 2.95. The Hall–Kier alpha value is -1.21. The fourth-order valence-electron chi connectivity index (χ4n) is 0.874. The molecule has 13 heavy (non-hydrogen) atoms. The van der Waals surface area contributed by atoms with E-state index in [9.17, 15) is 10.1 Å². The van der Waals surface area contributed by atoms with Gasteiger partial charge in [-0.25, -0.2) is 0 Å². The molecule has 1 aliphatic rings. The molecule has 0 aromatic carbocycles. The Bertz CT molecular complexity index is 295. The van der Waals surface area contributed by atoms with Crippen molar-refractivity contribution in [2.75, 3.05) is 7.11 Å². The summed E-state index contributed by atoms with van der Waals surface area (Å²) in [6.45, 7) is 0. The fraction of sp³-hybridized carbons (Fsp3) is 0.333. The first-order valence-electron chi connectivity index (χ1n) is 3.30. The highest BCUT2D eigenvalue weighted by molar-refractivity contribution is 8.03. The summed E-state index contributed by atoms with van der Waals surface area (Å²) in [6, 6.07) is 0. The molecule has 0 aliphatic carbocycles. The van der Waals surface area contributed by atoms with Crippen molar-refractivity contribution in [3.8, 4) is 0 Å². The first-order chi connectivity index (χ1) is 6.06. The summed E-state index contributed by atoms with van der Waals surface area (Å²) in [6.07, 6.45) is 1.20. The molecule has 1 atom stereocenters. The average Bonchev–Trinajstić information content (AvgIpc) is 2.47. The number of ether oxygens (including phenoxy) is 1. The zero-order valence-corrected chi connectivity index (χ0v) is 7.58. The number of aliphatic hydroxyl groups excluding tert-OH is 1. The standard InChI is InChI=1S/C6H8N2O4S/c1-12-6-3(5(7)9)2-4(13-6)8(10)11/h2,6,9H,7H2,1H3/b5-3+/t6-/m1/s1. The summed E-state index contributed by atoms with van der Waals surface area (Å²) in [4.78, 5) is 9.80. The lowest BCUT2D eigenvalue weighted by atomic mass is 10.3. The summed E-state index contributed by atoms with van der Waals surface area (Å²) in [5.74, 6) is -0.448. The summed E-state index contributed by atoms with van der Waals surface area (Å²) < 4.78 is 4.87. The van der Waals surface area contributed by atoms with Crippen molar-refractivity contribution in [1.82, 2.24) is 0 Å². The molecule has 0 spiro atoms. The zero-order chi connectivity index (χ0) is 10.0. The number of aliphatic hydroxyl groups is 1. The topological polar surface area (TPSA) is 98.6 Å². The molecule has 6 nitrogen and oxygen atoms in total. The number of hydrogen-bond donors (Lipinski definition) is 2. The van der Waals surface area contributed by atoms with Gasteiger partial charge in [-0.1, -0.05) is 0 Å². The molecule has 72 valence electrons. The van der Waals surface area contributed by atoms with Crippen molar-refractivity contribution in [2.45, 2.75) is 5.44 Å². The maximum atomic E-state index is 10.3. The maximum Gasteiger partial charge on any atom is 0.306 e. The third-order valence-electron chi connectivity index (χ3n) is 1.45. The van der Waals surface area contributed by atoms with Crippen molar-refractivity contribution in [3.05, 3.63) is 32.7 Å². The van der Waals surface area contributed by atoms with Gasteiger partial charge in [0.05, 0.1) is 10.5 Å². The van der Waals surface area contributed by atoms with Crippen molar-refractivity contribution in [2.24, 2.45) is 5.73 Å². The van der Waals surface area contributed by atoms with Crippen LogP contribution in [-0.4, -0.2) is 22.6 Å². The van der Waals surface area contributed by atoms with Gasteiger partial charge >= 0.3 is 5.03 Å².